The van der Waals surface area contributed by atoms with Crippen LogP contribution in [0, 0.1) is 13.8 Å². The number of aryl methyl sites for hydroxylation is 1. The molecule has 0 aliphatic heterocycles. The van der Waals surface area contributed by atoms with Crippen LogP contribution in [0.15, 0.2) is 17.2 Å². The van der Waals surface area contributed by atoms with Crippen molar-refractivity contribution in [1.29, 1.82) is 0 Å². The summed E-state index contributed by atoms with van der Waals surface area (Å²) in [5.74, 6) is 0.586. The van der Waals surface area contributed by atoms with E-state index in [2.05, 4.69) is 9.72 Å². The summed E-state index contributed by atoms with van der Waals surface area (Å²) in [5.41, 5.74) is 2.23. The van der Waals surface area contributed by atoms with Crippen LogP contribution in [0.1, 0.15) is 17.7 Å². The molecule has 1 aromatic rings. The SMILES string of the molecule is COC(=O)CCSc1ccnc(C)c1C. The summed E-state index contributed by atoms with van der Waals surface area (Å²) >= 11 is 1.66. The van der Waals surface area contributed by atoms with Crippen molar-refractivity contribution in [1.82, 2.24) is 4.98 Å². The van der Waals surface area contributed by atoms with Crippen molar-refractivity contribution in [2.75, 3.05) is 12.9 Å². The van der Waals surface area contributed by atoms with Crippen molar-refractivity contribution in [3.8, 4) is 0 Å². The molecular weight excluding hydrogens is 210 g/mol. The van der Waals surface area contributed by atoms with Gasteiger partial charge in [0.05, 0.1) is 13.5 Å². The molecule has 82 valence electrons. The first kappa shape index (κ1) is 12.0. The van der Waals surface area contributed by atoms with E-state index in [9.17, 15) is 4.79 Å². The molecule has 0 atom stereocenters. The number of aromatic nitrogens is 1. The highest BCUT2D eigenvalue weighted by atomic mass is 32.2. The highest BCUT2D eigenvalue weighted by Crippen LogP contribution is 2.23. The normalized spacial score (nSPS) is 10.1. The first-order valence-electron chi connectivity index (χ1n) is 4.77. The molecule has 0 saturated heterocycles. The first-order valence-corrected chi connectivity index (χ1v) is 5.75. The van der Waals surface area contributed by atoms with Crippen LogP contribution < -0.4 is 0 Å². The van der Waals surface area contributed by atoms with E-state index in [1.54, 1.807) is 18.0 Å². The van der Waals surface area contributed by atoms with Gasteiger partial charge in [-0.25, -0.2) is 0 Å². The Morgan fingerprint density at radius 2 is 2.27 bits per heavy atom. The number of nitrogens with zero attached hydrogens (tertiary/aromatic N) is 1. The van der Waals surface area contributed by atoms with Gasteiger partial charge in [0.2, 0.25) is 0 Å². The molecule has 1 heterocycles. The number of pyridine rings is 1. The molecular formula is C11H15NO2S. The number of carbonyl (C=O) groups excluding carboxylic acids is 1. The zero-order chi connectivity index (χ0) is 11.3. The lowest BCUT2D eigenvalue weighted by Gasteiger charge is -2.06. The molecule has 0 aromatic carbocycles. The van der Waals surface area contributed by atoms with E-state index >= 15 is 0 Å². The van der Waals surface area contributed by atoms with E-state index < -0.39 is 0 Å². The summed E-state index contributed by atoms with van der Waals surface area (Å²) in [5, 5.41) is 0. The van der Waals surface area contributed by atoms with E-state index in [1.807, 2.05) is 19.9 Å². The van der Waals surface area contributed by atoms with Gasteiger partial charge in [0.15, 0.2) is 0 Å². The summed E-state index contributed by atoms with van der Waals surface area (Å²) in [7, 11) is 1.41. The van der Waals surface area contributed by atoms with Crippen LogP contribution in [-0.4, -0.2) is 23.8 Å². The predicted molar refractivity (Wildman–Crippen MR) is 61.1 cm³/mol. The standard InChI is InChI=1S/C11H15NO2S/c1-8-9(2)12-6-4-10(8)15-7-5-11(13)14-3/h4,6H,5,7H2,1-3H3. The van der Waals surface area contributed by atoms with E-state index in [-0.39, 0.29) is 5.97 Å². The number of hydrogen-bond acceptors (Lipinski definition) is 4. The lowest BCUT2D eigenvalue weighted by molar-refractivity contribution is -0.140. The van der Waals surface area contributed by atoms with Gasteiger partial charge in [0, 0.05) is 22.5 Å². The Morgan fingerprint density at radius 3 is 2.93 bits per heavy atom. The molecule has 0 bridgehead atoms. The fourth-order valence-corrected chi connectivity index (χ4v) is 2.13. The summed E-state index contributed by atoms with van der Waals surface area (Å²) in [4.78, 5) is 16.3. The minimum Gasteiger partial charge on any atom is -0.469 e. The molecule has 0 aliphatic carbocycles. The monoisotopic (exact) mass is 225 g/mol. The zero-order valence-corrected chi connectivity index (χ0v) is 10.1. The Bertz CT molecular complexity index is 352. The lowest BCUT2D eigenvalue weighted by Crippen LogP contribution is -2.01. The van der Waals surface area contributed by atoms with E-state index in [0.717, 1.165) is 11.4 Å². The predicted octanol–water partition coefficient (Wildman–Crippen LogP) is 2.35. The topological polar surface area (TPSA) is 39.2 Å². The largest absolute Gasteiger partial charge is 0.469 e. The molecule has 0 amide bonds. The van der Waals surface area contributed by atoms with Crippen LogP contribution in [0.2, 0.25) is 0 Å². The molecule has 3 nitrogen and oxygen atoms in total. The van der Waals surface area contributed by atoms with Crippen molar-refractivity contribution in [2.24, 2.45) is 0 Å². The van der Waals surface area contributed by atoms with Gasteiger partial charge in [-0.3, -0.25) is 9.78 Å². The molecule has 0 radical (unpaired) electrons. The highest BCUT2D eigenvalue weighted by Gasteiger charge is 2.04. The number of esters is 1. The van der Waals surface area contributed by atoms with Gasteiger partial charge in [-0.1, -0.05) is 0 Å². The maximum atomic E-state index is 10.9. The third-order valence-corrected chi connectivity index (χ3v) is 3.36. The summed E-state index contributed by atoms with van der Waals surface area (Å²) in [6.07, 6.45) is 2.24. The van der Waals surface area contributed by atoms with Gasteiger partial charge in [0.1, 0.15) is 0 Å². The van der Waals surface area contributed by atoms with Crippen LogP contribution >= 0.6 is 11.8 Å². The fourth-order valence-electron chi connectivity index (χ4n) is 1.12. The molecule has 0 unspecified atom stereocenters. The van der Waals surface area contributed by atoms with Crippen molar-refractivity contribution in [3.05, 3.63) is 23.5 Å². The van der Waals surface area contributed by atoms with Crippen molar-refractivity contribution < 1.29 is 9.53 Å². The van der Waals surface area contributed by atoms with Gasteiger partial charge in [-0.15, -0.1) is 11.8 Å². The van der Waals surface area contributed by atoms with Gasteiger partial charge in [-0.2, -0.15) is 0 Å². The average molecular weight is 225 g/mol. The van der Waals surface area contributed by atoms with Crippen LogP contribution in [0.4, 0.5) is 0 Å². The molecule has 0 fully saturated rings. The smallest absolute Gasteiger partial charge is 0.306 e. The molecule has 15 heavy (non-hydrogen) atoms. The number of methoxy groups -OCH3 is 1. The van der Waals surface area contributed by atoms with E-state index in [1.165, 1.54) is 17.6 Å². The fraction of sp³-hybridized carbons (Fsp3) is 0.455. The number of carbonyl (C=O) groups is 1. The Kier molecular flexibility index (Phi) is 4.62. The number of ether oxygens (including phenoxy) is 1. The summed E-state index contributed by atoms with van der Waals surface area (Å²) in [6, 6.07) is 1.98. The van der Waals surface area contributed by atoms with Gasteiger partial charge < -0.3 is 4.74 Å². The lowest BCUT2D eigenvalue weighted by atomic mass is 10.2. The molecule has 1 rings (SSSR count). The number of thioether (sulfide) groups is 1. The van der Waals surface area contributed by atoms with E-state index in [0.29, 0.717) is 6.42 Å². The quantitative estimate of drug-likeness (QED) is 0.582. The molecule has 0 spiro atoms. The Balaban J connectivity index is 2.51. The maximum Gasteiger partial charge on any atom is 0.306 e. The molecule has 1 aromatic heterocycles. The van der Waals surface area contributed by atoms with Crippen molar-refractivity contribution >= 4 is 17.7 Å². The molecule has 0 aliphatic rings. The van der Waals surface area contributed by atoms with Gasteiger partial charge in [-0.05, 0) is 25.5 Å². The molecule has 4 heteroatoms. The minimum absolute atomic E-state index is 0.161. The van der Waals surface area contributed by atoms with Crippen LogP contribution in [0.5, 0.6) is 0 Å². The first-order chi connectivity index (χ1) is 7.15. The maximum absolute atomic E-state index is 10.9. The van der Waals surface area contributed by atoms with Gasteiger partial charge in [0.25, 0.3) is 0 Å². The Morgan fingerprint density at radius 1 is 1.53 bits per heavy atom. The van der Waals surface area contributed by atoms with E-state index in [4.69, 9.17) is 0 Å². The second-order valence-electron chi connectivity index (χ2n) is 3.19. The highest BCUT2D eigenvalue weighted by molar-refractivity contribution is 7.99. The van der Waals surface area contributed by atoms with Crippen LogP contribution in [0.25, 0.3) is 0 Å². The summed E-state index contributed by atoms with van der Waals surface area (Å²) < 4.78 is 4.58. The minimum atomic E-state index is -0.161. The molecule has 0 saturated carbocycles. The van der Waals surface area contributed by atoms with Gasteiger partial charge >= 0.3 is 5.97 Å². The Hall–Kier alpha value is -1.03. The zero-order valence-electron chi connectivity index (χ0n) is 9.24. The van der Waals surface area contributed by atoms with Crippen molar-refractivity contribution in [2.45, 2.75) is 25.2 Å². The van der Waals surface area contributed by atoms with Crippen LogP contribution in [0.3, 0.4) is 0 Å². The number of rotatable bonds is 4. The molecule has 0 N–H and O–H groups in total. The average Bonchev–Trinajstić information content (AvgIpc) is 2.24. The van der Waals surface area contributed by atoms with Crippen molar-refractivity contribution in [3.63, 3.8) is 0 Å². The second kappa shape index (κ2) is 5.75. The second-order valence-corrected chi connectivity index (χ2v) is 4.33. The summed E-state index contributed by atoms with van der Waals surface area (Å²) in [6.45, 7) is 4.03. The van der Waals surface area contributed by atoms with Crippen LogP contribution in [-0.2, 0) is 9.53 Å². The number of hydrogen-bond donors (Lipinski definition) is 0. The third-order valence-electron chi connectivity index (χ3n) is 2.20. The third kappa shape index (κ3) is 3.55. The Labute approximate surface area is 94.2 Å².